The van der Waals surface area contributed by atoms with Crippen molar-refractivity contribution in [1.29, 1.82) is 0 Å². The number of oxazole rings is 1. The third kappa shape index (κ3) is 2.33. The second-order valence-corrected chi connectivity index (χ2v) is 6.06. The van der Waals surface area contributed by atoms with E-state index in [9.17, 15) is 13.6 Å². The highest BCUT2D eigenvalue weighted by Crippen LogP contribution is 2.38. The molecule has 1 amide bonds. The normalized spacial score (nSPS) is 16.4. The molecular formula is C17H12F2N6O2. The van der Waals surface area contributed by atoms with Crippen molar-refractivity contribution < 1.29 is 18.0 Å². The fourth-order valence-electron chi connectivity index (χ4n) is 3.34. The summed E-state index contributed by atoms with van der Waals surface area (Å²) in [4.78, 5) is 26.1. The molecule has 1 atom stereocenters. The number of nitrogens with zero attached hydrogens (tertiary/aromatic N) is 5. The zero-order chi connectivity index (χ0) is 18.5. The molecule has 5 rings (SSSR count). The van der Waals surface area contributed by atoms with Crippen LogP contribution in [0.1, 0.15) is 40.4 Å². The van der Waals surface area contributed by atoms with Gasteiger partial charge in [-0.05, 0) is 18.2 Å². The van der Waals surface area contributed by atoms with Crippen molar-refractivity contribution in [2.24, 2.45) is 0 Å². The van der Waals surface area contributed by atoms with Crippen LogP contribution in [-0.4, -0.2) is 35.5 Å². The first-order chi connectivity index (χ1) is 13.1. The maximum absolute atomic E-state index is 13.2. The summed E-state index contributed by atoms with van der Waals surface area (Å²) in [5, 5.41) is 3.53. The Bertz CT molecular complexity index is 1110. The average molecular weight is 370 g/mol. The van der Waals surface area contributed by atoms with Gasteiger partial charge >= 0.3 is 6.55 Å². The predicted molar refractivity (Wildman–Crippen MR) is 87.8 cm³/mol. The van der Waals surface area contributed by atoms with Crippen molar-refractivity contribution in [2.45, 2.75) is 19.1 Å². The molecular weight excluding hydrogens is 358 g/mol. The molecule has 136 valence electrons. The van der Waals surface area contributed by atoms with Crippen molar-refractivity contribution >= 4 is 17.0 Å². The van der Waals surface area contributed by atoms with Crippen LogP contribution in [0.15, 0.2) is 47.3 Å². The molecule has 1 aromatic carbocycles. The first-order valence-corrected chi connectivity index (χ1v) is 8.13. The van der Waals surface area contributed by atoms with Crippen LogP contribution in [0.4, 0.5) is 8.78 Å². The number of nitrogens with one attached hydrogen (secondary N) is 1. The minimum atomic E-state index is -2.92. The maximum Gasteiger partial charge on any atom is 0.333 e. The molecule has 4 aromatic rings. The Morgan fingerprint density at radius 2 is 2.15 bits per heavy atom. The Hall–Kier alpha value is -3.56. The largest absolute Gasteiger partial charge is 0.438 e. The lowest BCUT2D eigenvalue weighted by Crippen LogP contribution is -2.32. The van der Waals surface area contributed by atoms with Crippen LogP contribution in [0.2, 0.25) is 0 Å². The van der Waals surface area contributed by atoms with Gasteiger partial charge < -0.3 is 14.3 Å². The van der Waals surface area contributed by atoms with E-state index in [0.29, 0.717) is 27.2 Å². The van der Waals surface area contributed by atoms with Gasteiger partial charge in [-0.15, -0.1) is 0 Å². The second kappa shape index (κ2) is 5.73. The van der Waals surface area contributed by atoms with Gasteiger partial charge in [0.05, 0.1) is 24.3 Å². The van der Waals surface area contributed by atoms with Crippen LogP contribution in [0.5, 0.6) is 0 Å². The monoisotopic (exact) mass is 370 g/mol. The minimum absolute atomic E-state index is 0.173. The Morgan fingerprint density at radius 3 is 2.96 bits per heavy atom. The number of alkyl halides is 2. The second-order valence-electron chi connectivity index (χ2n) is 6.06. The van der Waals surface area contributed by atoms with E-state index >= 15 is 0 Å². The van der Waals surface area contributed by atoms with Gasteiger partial charge in [0.1, 0.15) is 11.2 Å². The standard InChI is InChI=1S/C17H12F2N6O2/c18-17(19)25-11(5-6-22-25)16(26)24-7-10-13(21-8-20-10)14(24)15-23-9-3-1-2-4-12(9)27-15/h1-6,8,14,17H,7H2,(H,20,21)/t14-/m1/s1. The number of hydrogen-bond donors (Lipinski definition) is 1. The van der Waals surface area contributed by atoms with Gasteiger partial charge in [-0.25, -0.2) is 9.97 Å². The molecule has 1 aliphatic rings. The van der Waals surface area contributed by atoms with Crippen LogP contribution in [-0.2, 0) is 6.54 Å². The van der Waals surface area contributed by atoms with Crippen LogP contribution in [0.25, 0.3) is 11.1 Å². The van der Waals surface area contributed by atoms with Gasteiger partial charge in [0.2, 0.25) is 5.89 Å². The van der Waals surface area contributed by atoms with Crippen LogP contribution < -0.4 is 0 Å². The maximum atomic E-state index is 13.2. The summed E-state index contributed by atoms with van der Waals surface area (Å²) in [6.07, 6.45) is 2.69. The Balaban J connectivity index is 1.60. The molecule has 0 radical (unpaired) electrons. The van der Waals surface area contributed by atoms with Gasteiger partial charge in [0, 0.05) is 6.20 Å². The van der Waals surface area contributed by atoms with E-state index in [1.54, 1.807) is 12.1 Å². The molecule has 0 spiro atoms. The van der Waals surface area contributed by atoms with Gasteiger partial charge in [0.25, 0.3) is 5.91 Å². The van der Waals surface area contributed by atoms with Gasteiger partial charge in [-0.3, -0.25) is 4.79 Å². The van der Waals surface area contributed by atoms with E-state index in [4.69, 9.17) is 4.42 Å². The van der Waals surface area contributed by atoms with Crippen LogP contribution >= 0.6 is 0 Å². The fourth-order valence-corrected chi connectivity index (χ4v) is 3.34. The molecule has 0 bridgehead atoms. The summed E-state index contributed by atoms with van der Waals surface area (Å²) in [7, 11) is 0. The Morgan fingerprint density at radius 1 is 1.30 bits per heavy atom. The summed E-state index contributed by atoms with van der Waals surface area (Å²) >= 11 is 0. The molecule has 0 saturated carbocycles. The quantitative estimate of drug-likeness (QED) is 0.599. The molecule has 3 aromatic heterocycles. The third-order valence-electron chi connectivity index (χ3n) is 4.53. The van der Waals surface area contributed by atoms with Crippen LogP contribution in [0, 0.1) is 0 Å². The smallest absolute Gasteiger partial charge is 0.333 e. The lowest BCUT2D eigenvalue weighted by molar-refractivity contribution is 0.0445. The number of para-hydroxylation sites is 2. The Kier molecular flexibility index (Phi) is 3.33. The van der Waals surface area contributed by atoms with E-state index in [-0.39, 0.29) is 18.1 Å². The molecule has 1 aliphatic heterocycles. The number of benzene rings is 1. The summed E-state index contributed by atoms with van der Waals surface area (Å²) in [5.41, 5.74) is 2.29. The lowest BCUT2D eigenvalue weighted by atomic mass is 10.2. The number of amides is 1. The molecule has 10 heteroatoms. The molecule has 0 aliphatic carbocycles. The predicted octanol–water partition coefficient (Wildman–Crippen LogP) is 2.89. The Labute approximate surface area is 150 Å². The highest BCUT2D eigenvalue weighted by Gasteiger charge is 2.41. The number of carbonyl (C=O) groups is 1. The lowest BCUT2D eigenvalue weighted by Gasteiger charge is -2.22. The van der Waals surface area contributed by atoms with Gasteiger partial charge in [-0.1, -0.05) is 12.1 Å². The summed E-state index contributed by atoms with van der Waals surface area (Å²) in [5.74, 6) is -0.329. The van der Waals surface area contributed by atoms with Gasteiger partial charge in [-0.2, -0.15) is 18.6 Å². The SMILES string of the molecule is O=C(c1ccnn1C(F)F)N1Cc2[nH]cnc2[C@@H]1c1nc2ccccc2o1. The fraction of sp³-hybridized carbons (Fsp3) is 0.176. The number of halogens is 2. The summed E-state index contributed by atoms with van der Waals surface area (Å²) < 4.78 is 32.5. The minimum Gasteiger partial charge on any atom is -0.438 e. The summed E-state index contributed by atoms with van der Waals surface area (Å²) in [6.45, 7) is -2.74. The summed E-state index contributed by atoms with van der Waals surface area (Å²) in [6, 6.07) is 7.75. The molecule has 0 fully saturated rings. The molecule has 1 N–H and O–H groups in total. The molecule has 8 nitrogen and oxygen atoms in total. The van der Waals surface area contributed by atoms with E-state index < -0.39 is 18.5 Å². The average Bonchev–Trinajstić information content (AvgIpc) is 3.41. The topological polar surface area (TPSA) is 92.8 Å². The molecule has 4 heterocycles. The molecule has 0 saturated heterocycles. The number of rotatable bonds is 3. The van der Waals surface area contributed by atoms with Crippen molar-refractivity contribution in [3.8, 4) is 0 Å². The highest BCUT2D eigenvalue weighted by atomic mass is 19.3. The number of hydrogen-bond acceptors (Lipinski definition) is 5. The first-order valence-electron chi connectivity index (χ1n) is 8.13. The van der Waals surface area contributed by atoms with Crippen molar-refractivity contribution in [3.05, 3.63) is 65.8 Å². The number of fused-ring (bicyclic) bond motifs is 2. The van der Waals surface area contributed by atoms with E-state index in [1.807, 2.05) is 12.1 Å². The van der Waals surface area contributed by atoms with E-state index in [1.165, 1.54) is 23.5 Å². The third-order valence-corrected chi connectivity index (χ3v) is 4.53. The number of aromatic nitrogens is 5. The van der Waals surface area contributed by atoms with E-state index in [0.717, 1.165) is 0 Å². The molecule has 0 unspecified atom stereocenters. The number of carbonyl (C=O) groups excluding carboxylic acids is 1. The van der Waals surface area contributed by atoms with Crippen molar-refractivity contribution in [3.63, 3.8) is 0 Å². The number of H-pyrrole nitrogens is 1. The van der Waals surface area contributed by atoms with Crippen molar-refractivity contribution in [2.75, 3.05) is 0 Å². The highest BCUT2D eigenvalue weighted by molar-refractivity contribution is 5.93. The van der Waals surface area contributed by atoms with Crippen LogP contribution in [0.3, 0.4) is 0 Å². The zero-order valence-electron chi connectivity index (χ0n) is 13.7. The zero-order valence-corrected chi connectivity index (χ0v) is 13.7. The van der Waals surface area contributed by atoms with E-state index in [2.05, 4.69) is 20.1 Å². The number of aromatic amines is 1. The van der Waals surface area contributed by atoms with Crippen molar-refractivity contribution in [1.82, 2.24) is 29.6 Å². The first kappa shape index (κ1) is 15.7. The number of imidazole rings is 1. The molecule has 27 heavy (non-hydrogen) atoms. The van der Waals surface area contributed by atoms with Gasteiger partial charge in [0.15, 0.2) is 11.6 Å².